The Bertz CT molecular complexity index is 1220. The van der Waals surface area contributed by atoms with E-state index in [0.717, 1.165) is 31.0 Å². The van der Waals surface area contributed by atoms with Crippen molar-refractivity contribution in [3.05, 3.63) is 52.2 Å². The molecule has 0 bridgehead atoms. The van der Waals surface area contributed by atoms with Crippen molar-refractivity contribution in [1.29, 1.82) is 0 Å². The second-order valence-corrected chi connectivity index (χ2v) is 10.9. The first-order valence-electron chi connectivity index (χ1n) is 14.0. The molecule has 2 aromatic rings. The number of amides is 1. The number of rotatable bonds is 8. The zero-order valence-electron chi connectivity index (χ0n) is 22.6. The lowest BCUT2D eigenvalue weighted by Crippen LogP contribution is -2.49. The molecule has 1 atom stereocenters. The van der Waals surface area contributed by atoms with Crippen molar-refractivity contribution in [2.75, 3.05) is 49.6 Å². The maximum Gasteiger partial charge on any atom is 0.423 e. The lowest BCUT2D eigenvalue weighted by molar-refractivity contribution is -0.388. The van der Waals surface area contributed by atoms with Crippen molar-refractivity contribution in [3.8, 4) is 5.75 Å². The molecular formula is C28H34F3N5O5. The van der Waals surface area contributed by atoms with Crippen LogP contribution in [0.1, 0.15) is 44.1 Å². The molecule has 3 heterocycles. The molecule has 3 aliphatic rings. The molecule has 10 nitrogen and oxygen atoms in total. The largest absolute Gasteiger partial charge is 0.490 e. The summed E-state index contributed by atoms with van der Waals surface area (Å²) in [7, 11) is 0. The van der Waals surface area contributed by atoms with Crippen LogP contribution in [-0.4, -0.2) is 72.3 Å². The zero-order valence-corrected chi connectivity index (χ0v) is 22.6. The summed E-state index contributed by atoms with van der Waals surface area (Å²) in [5.74, 6) is 2.01. The van der Waals surface area contributed by atoms with Gasteiger partial charge in [-0.25, -0.2) is 4.98 Å². The second kappa shape index (κ2) is 12.5. The highest BCUT2D eigenvalue weighted by molar-refractivity contribution is 5.76. The Hall–Kier alpha value is -3.61. The van der Waals surface area contributed by atoms with E-state index in [1.54, 1.807) is 6.20 Å². The number of carbonyl (C=O) groups is 1. The monoisotopic (exact) mass is 577 g/mol. The standard InChI is InChI=1S/C28H34F3N5O5/c29-28(30,31)24-16-21(3-6-25(24)36(38)39)33-20-1-4-22(5-2-20)41-23-7-9-32-26(17-23)34-10-12-35(13-11-34)27(37)15-19-8-14-40-18-19/h3,6-7,9,16-17,19-20,22,33H,1-2,4-5,8,10-15,18H2. The van der Waals surface area contributed by atoms with Gasteiger partial charge >= 0.3 is 6.18 Å². The molecule has 41 heavy (non-hydrogen) atoms. The molecule has 1 unspecified atom stereocenters. The predicted molar refractivity (Wildman–Crippen MR) is 145 cm³/mol. The van der Waals surface area contributed by atoms with Gasteiger partial charge in [0, 0.05) is 75.9 Å². The SMILES string of the molecule is O=C(CC1CCOC1)N1CCN(c2cc(OC3CCC(Nc4ccc([N+](=O)[O-])c(C(F)(F)F)c4)CC3)ccn2)CC1. The summed E-state index contributed by atoms with van der Waals surface area (Å²) in [5.41, 5.74) is -2.01. The minimum Gasteiger partial charge on any atom is -0.490 e. The van der Waals surface area contributed by atoms with Gasteiger partial charge in [-0.2, -0.15) is 13.2 Å². The van der Waals surface area contributed by atoms with Gasteiger partial charge < -0.3 is 24.6 Å². The normalized spacial score (nSPS) is 23.3. The fourth-order valence-corrected chi connectivity index (χ4v) is 5.72. The van der Waals surface area contributed by atoms with Gasteiger partial charge in [0.05, 0.1) is 11.0 Å². The third kappa shape index (κ3) is 7.38. The second-order valence-electron chi connectivity index (χ2n) is 10.9. The van der Waals surface area contributed by atoms with Crippen LogP contribution in [0.3, 0.4) is 0 Å². The number of alkyl halides is 3. The molecule has 2 saturated heterocycles. The van der Waals surface area contributed by atoms with E-state index in [4.69, 9.17) is 9.47 Å². The quantitative estimate of drug-likeness (QED) is 0.349. The maximum absolute atomic E-state index is 13.3. The van der Waals surface area contributed by atoms with Crippen molar-refractivity contribution >= 4 is 23.1 Å². The van der Waals surface area contributed by atoms with Crippen LogP contribution in [0.2, 0.25) is 0 Å². The number of nitro benzene ring substituents is 1. The molecule has 1 N–H and O–H groups in total. The fraction of sp³-hybridized carbons (Fsp3) is 0.571. The van der Waals surface area contributed by atoms with Crippen molar-refractivity contribution < 1.29 is 32.4 Å². The number of halogens is 3. The molecule has 1 aromatic heterocycles. The van der Waals surface area contributed by atoms with Crippen LogP contribution >= 0.6 is 0 Å². The van der Waals surface area contributed by atoms with Crippen LogP contribution in [0.4, 0.5) is 30.4 Å². The van der Waals surface area contributed by atoms with E-state index < -0.39 is 22.4 Å². The number of nitrogens with zero attached hydrogens (tertiary/aromatic N) is 4. The van der Waals surface area contributed by atoms with Gasteiger partial charge in [-0.3, -0.25) is 14.9 Å². The number of carbonyl (C=O) groups excluding carboxylic acids is 1. The highest BCUT2D eigenvalue weighted by Gasteiger charge is 2.38. The van der Waals surface area contributed by atoms with E-state index in [1.165, 1.54) is 6.07 Å². The molecule has 2 aliphatic heterocycles. The van der Waals surface area contributed by atoms with Crippen molar-refractivity contribution in [2.45, 2.75) is 56.8 Å². The molecule has 1 aromatic carbocycles. The zero-order chi connectivity index (χ0) is 29.0. The molecule has 0 radical (unpaired) electrons. The number of hydrogen-bond acceptors (Lipinski definition) is 8. The Morgan fingerprint density at radius 1 is 1.10 bits per heavy atom. The van der Waals surface area contributed by atoms with E-state index in [9.17, 15) is 28.1 Å². The van der Waals surface area contributed by atoms with Crippen molar-refractivity contribution in [2.24, 2.45) is 5.92 Å². The molecule has 13 heteroatoms. The molecule has 1 amide bonds. The molecule has 1 saturated carbocycles. The third-order valence-electron chi connectivity index (χ3n) is 8.01. The highest BCUT2D eigenvalue weighted by Crippen LogP contribution is 2.38. The van der Waals surface area contributed by atoms with E-state index in [0.29, 0.717) is 76.6 Å². The number of benzene rings is 1. The first-order valence-corrected chi connectivity index (χ1v) is 14.0. The fourth-order valence-electron chi connectivity index (χ4n) is 5.72. The smallest absolute Gasteiger partial charge is 0.423 e. The summed E-state index contributed by atoms with van der Waals surface area (Å²) in [6.07, 6.45) is 1.13. The van der Waals surface area contributed by atoms with Gasteiger partial charge in [0.2, 0.25) is 5.91 Å². The molecule has 5 rings (SSSR count). The molecule has 3 fully saturated rings. The molecule has 222 valence electrons. The molecular weight excluding hydrogens is 543 g/mol. The van der Waals surface area contributed by atoms with Gasteiger partial charge in [0.1, 0.15) is 17.1 Å². The average molecular weight is 578 g/mol. The van der Waals surface area contributed by atoms with Crippen molar-refractivity contribution in [3.63, 3.8) is 0 Å². The Morgan fingerprint density at radius 2 is 1.85 bits per heavy atom. The molecule has 1 aliphatic carbocycles. The minimum atomic E-state index is -4.81. The van der Waals surface area contributed by atoms with Crippen LogP contribution < -0.4 is 15.0 Å². The van der Waals surface area contributed by atoms with Gasteiger partial charge in [-0.15, -0.1) is 0 Å². The van der Waals surface area contributed by atoms with E-state index >= 15 is 0 Å². The number of ether oxygens (including phenoxy) is 2. The van der Waals surface area contributed by atoms with E-state index in [-0.39, 0.29) is 23.7 Å². The lowest BCUT2D eigenvalue weighted by Gasteiger charge is -2.36. The average Bonchev–Trinajstić information content (AvgIpc) is 3.47. The summed E-state index contributed by atoms with van der Waals surface area (Å²) >= 11 is 0. The maximum atomic E-state index is 13.3. The Kier molecular flexibility index (Phi) is 8.81. The summed E-state index contributed by atoms with van der Waals surface area (Å²) in [6, 6.07) is 6.67. The molecule has 0 spiro atoms. The Labute approximate surface area is 236 Å². The lowest BCUT2D eigenvalue weighted by atomic mass is 9.92. The number of piperazine rings is 1. The Balaban J connectivity index is 1.09. The number of nitro groups is 1. The van der Waals surface area contributed by atoms with Gasteiger partial charge in [-0.1, -0.05) is 0 Å². The van der Waals surface area contributed by atoms with Crippen molar-refractivity contribution in [1.82, 2.24) is 9.88 Å². The van der Waals surface area contributed by atoms with Crippen LogP contribution in [0, 0.1) is 16.0 Å². The van der Waals surface area contributed by atoms with Crippen LogP contribution in [-0.2, 0) is 15.7 Å². The Morgan fingerprint density at radius 3 is 2.51 bits per heavy atom. The number of hydrogen-bond donors (Lipinski definition) is 1. The van der Waals surface area contributed by atoms with Gasteiger partial charge in [-0.05, 0) is 56.2 Å². The first-order chi connectivity index (χ1) is 19.7. The van der Waals surface area contributed by atoms with Crippen LogP contribution in [0.25, 0.3) is 0 Å². The van der Waals surface area contributed by atoms with Crippen LogP contribution in [0.15, 0.2) is 36.5 Å². The van der Waals surface area contributed by atoms with Gasteiger partial charge in [0.15, 0.2) is 0 Å². The number of pyridine rings is 1. The van der Waals surface area contributed by atoms with E-state index in [2.05, 4.69) is 15.2 Å². The summed E-state index contributed by atoms with van der Waals surface area (Å²) < 4.78 is 51.6. The number of nitrogens with one attached hydrogen (secondary N) is 1. The number of anilines is 2. The highest BCUT2D eigenvalue weighted by atomic mass is 19.4. The minimum absolute atomic E-state index is 0.0417. The van der Waals surface area contributed by atoms with E-state index in [1.807, 2.05) is 17.0 Å². The predicted octanol–water partition coefficient (Wildman–Crippen LogP) is 4.89. The summed E-state index contributed by atoms with van der Waals surface area (Å²) in [6.45, 7) is 4.09. The first kappa shape index (κ1) is 28.9. The van der Waals surface area contributed by atoms with Gasteiger partial charge in [0.25, 0.3) is 5.69 Å². The third-order valence-corrected chi connectivity index (χ3v) is 8.01. The van der Waals surface area contributed by atoms with Crippen LogP contribution in [0.5, 0.6) is 5.75 Å². The number of aromatic nitrogens is 1. The summed E-state index contributed by atoms with van der Waals surface area (Å²) in [4.78, 5) is 31.2. The summed E-state index contributed by atoms with van der Waals surface area (Å²) in [5, 5.41) is 14.1. The topological polar surface area (TPSA) is 110 Å².